The van der Waals surface area contributed by atoms with Crippen LogP contribution in [-0.4, -0.2) is 50.9 Å². The van der Waals surface area contributed by atoms with E-state index in [1.165, 1.54) is 29.5 Å². The van der Waals surface area contributed by atoms with E-state index in [2.05, 4.69) is 36.0 Å². The number of nitrogens with one attached hydrogen (secondary N) is 3. The van der Waals surface area contributed by atoms with Crippen LogP contribution >= 0.6 is 0 Å². The molecular weight excluding hydrogens is 489 g/mol. The maximum atomic E-state index is 13.0. The van der Waals surface area contributed by atoms with Crippen LogP contribution in [0.5, 0.6) is 0 Å². The third kappa shape index (κ3) is 6.38. The first kappa shape index (κ1) is 25.6. The molecule has 2 aromatic carbocycles. The standard InChI is InChI=1S/C24H23F3N8O2/c1-15-6-7-16(22(36)33-18-5-3-4-17(11-18)24(25,26)27)10-19(15)34-23-31-14-32-35(23)21-12-20(29-13-30-21)28-8-9-37-2/h3-7,10-14H,8-9H2,1-2H3,(H,33,36)(H,28,29,30)(H,31,32,34). The Morgan fingerprint density at radius 1 is 1.05 bits per heavy atom. The first-order valence-electron chi connectivity index (χ1n) is 11.1. The Hall–Kier alpha value is -4.52. The number of carbonyl (C=O) groups is 1. The van der Waals surface area contributed by atoms with E-state index in [1.54, 1.807) is 31.4 Å². The normalized spacial score (nSPS) is 11.3. The number of anilines is 4. The highest BCUT2D eigenvalue weighted by Crippen LogP contribution is 2.31. The summed E-state index contributed by atoms with van der Waals surface area (Å²) in [5, 5.41) is 13.0. The molecule has 0 atom stereocenters. The quantitative estimate of drug-likeness (QED) is 0.282. The molecule has 0 saturated carbocycles. The molecule has 0 bridgehead atoms. The Morgan fingerprint density at radius 3 is 2.68 bits per heavy atom. The Labute approximate surface area is 209 Å². The number of aryl methyl sites for hydroxylation is 1. The largest absolute Gasteiger partial charge is 0.416 e. The molecule has 2 aromatic heterocycles. The van der Waals surface area contributed by atoms with E-state index in [4.69, 9.17) is 4.74 Å². The predicted molar refractivity (Wildman–Crippen MR) is 131 cm³/mol. The van der Waals surface area contributed by atoms with Gasteiger partial charge in [0.2, 0.25) is 5.95 Å². The van der Waals surface area contributed by atoms with Crippen molar-refractivity contribution >= 4 is 29.0 Å². The van der Waals surface area contributed by atoms with Crippen LogP contribution in [0.1, 0.15) is 21.5 Å². The van der Waals surface area contributed by atoms with Crippen molar-refractivity contribution in [2.24, 2.45) is 0 Å². The molecule has 0 aliphatic carbocycles. The van der Waals surface area contributed by atoms with Crippen molar-refractivity contribution in [2.45, 2.75) is 13.1 Å². The van der Waals surface area contributed by atoms with Gasteiger partial charge in [0.1, 0.15) is 18.5 Å². The van der Waals surface area contributed by atoms with Crippen LogP contribution in [0.4, 0.5) is 36.3 Å². The lowest BCUT2D eigenvalue weighted by Crippen LogP contribution is -2.14. The van der Waals surface area contributed by atoms with Gasteiger partial charge in [-0.1, -0.05) is 12.1 Å². The molecule has 0 aliphatic heterocycles. The summed E-state index contributed by atoms with van der Waals surface area (Å²) in [5.41, 5.74) is 0.780. The monoisotopic (exact) mass is 512 g/mol. The van der Waals surface area contributed by atoms with E-state index in [-0.39, 0.29) is 11.3 Å². The Kier molecular flexibility index (Phi) is 7.63. The van der Waals surface area contributed by atoms with E-state index in [1.807, 2.05) is 6.92 Å². The lowest BCUT2D eigenvalue weighted by Gasteiger charge is -2.13. The molecule has 0 spiro atoms. The fraction of sp³-hybridized carbons (Fsp3) is 0.208. The molecular formula is C24H23F3N8O2. The van der Waals surface area contributed by atoms with Crippen molar-refractivity contribution in [1.29, 1.82) is 0 Å². The van der Waals surface area contributed by atoms with Crippen LogP contribution in [-0.2, 0) is 10.9 Å². The summed E-state index contributed by atoms with van der Waals surface area (Å²) in [6.07, 6.45) is -1.77. The number of alkyl halides is 3. The lowest BCUT2D eigenvalue weighted by molar-refractivity contribution is -0.137. The molecule has 13 heteroatoms. The minimum atomic E-state index is -4.51. The van der Waals surface area contributed by atoms with Crippen molar-refractivity contribution in [1.82, 2.24) is 24.7 Å². The number of ether oxygens (including phenoxy) is 1. The van der Waals surface area contributed by atoms with Gasteiger partial charge in [-0.2, -0.15) is 27.9 Å². The first-order valence-corrected chi connectivity index (χ1v) is 11.1. The maximum Gasteiger partial charge on any atom is 0.416 e. The van der Waals surface area contributed by atoms with E-state index >= 15 is 0 Å². The van der Waals surface area contributed by atoms with Gasteiger partial charge in [-0.05, 0) is 42.8 Å². The second-order valence-electron chi connectivity index (χ2n) is 7.86. The summed E-state index contributed by atoms with van der Waals surface area (Å²) < 4.78 is 45.5. The fourth-order valence-electron chi connectivity index (χ4n) is 3.33. The molecule has 1 amide bonds. The summed E-state index contributed by atoms with van der Waals surface area (Å²) in [7, 11) is 1.60. The van der Waals surface area contributed by atoms with Crippen molar-refractivity contribution in [3.05, 3.63) is 77.9 Å². The van der Waals surface area contributed by atoms with E-state index in [0.29, 0.717) is 36.4 Å². The van der Waals surface area contributed by atoms with Crippen LogP contribution < -0.4 is 16.0 Å². The van der Waals surface area contributed by atoms with Crippen molar-refractivity contribution in [3.63, 3.8) is 0 Å². The zero-order chi connectivity index (χ0) is 26.4. The summed E-state index contributed by atoms with van der Waals surface area (Å²) in [5.74, 6) is 0.797. The number of hydrogen-bond acceptors (Lipinski definition) is 8. The molecule has 192 valence electrons. The van der Waals surface area contributed by atoms with Crippen LogP contribution in [0.2, 0.25) is 0 Å². The second kappa shape index (κ2) is 11.0. The van der Waals surface area contributed by atoms with E-state index in [9.17, 15) is 18.0 Å². The minimum Gasteiger partial charge on any atom is -0.383 e. The topological polar surface area (TPSA) is 119 Å². The molecule has 0 saturated heterocycles. The van der Waals surface area contributed by atoms with Gasteiger partial charge in [0, 0.05) is 36.7 Å². The number of halogens is 3. The molecule has 37 heavy (non-hydrogen) atoms. The number of methoxy groups -OCH3 is 1. The average Bonchev–Trinajstić information content (AvgIpc) is 3.33. The first-order chi connectivity index (χ1) is 17.7. The van der Waals surface area contributed by atoms with Gasteiger partial charge in [-0.15, -0.1) is 0 Å². The van der Waals surface area contributed by atoms with Gasteiger partial charge >= 0.3 is 6.18 Å². The molecule has 2 heterocycles. The number of rotatable bonds is 9. The molecule has 0 aliphatic rings. The molecule has 4 rings (SSSR count). The summed E-state index contributed by atoms with van der Waals surface area (Å²) in [4.78, 5) is 25.4. The van der Waals surface area contributed by atoms with Crippen molar-refractivity contribution in [3.8, 4) is 5.82 Å². The van der Waals surface area contributed by atoms with Gasteiger partial charge in [0.05, 0.1) is 12.2 Å². The highest BCUT2D eigenvalue weighted by atomic mass is 19.4. The van der Waals surface area contributed by atoms with E-state index < -0.39 is 17.6 Å². The molecule has 0 radical (unpaired) electrons. The minimum absolute atomic E-state index is 0.0355. The van der Waals surface area contributed by atoms with Crippen LogP contribution in [0.3, 0.4) is 0 Å². The van der Waals surface area contributed by atoms with Gasteiger partial charge in [-0.25, -0.2) is 9.97 Å². The second-order valence-corrected chi connectivity index (χ2v) is 7.86. The Morgan fingerprint density at radius 2 is 1.89 bits per heavy atom. The predicted octanol–water partition coefficient (Wildman–Crippen LogP) is 4.44. The molecule has 4 aromatic rings. The third-order valence-electron chi connectivity index (χ3n) is 5.22. The molecule has 0 unspecified atom stereocenters. The highest BCUT2D eigenvalue weighted by Gasteiger charge is 2.30. The van der Waals surface area contributed by atoms with Gasteiger partial charge in [-0.3, -0.25) is 4.79 Å². The summed E-state index contributed by atoms with van der Waals surface area (Å²) in [6, 6.07) is 11.0. The number of amides is 1. The smallest absolute Gasteiger partial charge is 0.383 e. The Bertz CT molecular complexity index is 1390. The van der Waals surface area contributed by atoms with Crippen molar-refractivity contribution < 1.29 is 22.7 Å². The highest BCUT2D eigenvalue weighted by molar-refractivity contribution is 6.05. The van der Waals surface area contributed by atoms with Crippen molar-refractivity contribution in [2.75, 3.05) is 36.2 Å². The number of hydrogen-bond donors (Lipinski definition) is 3. The Balaban J connectivity index is 1.53. The molecule has 0 fully saturated rings. The summed E-state index contributed by atoms with van der Waals surface area (Å²) in [6.45, 7) is 2.90. The maximum absolute atomic E-state index is 13.0. The number of nitrogens with zero attached hydrogens (tertiary/aromatic N) is 5. The molecule has 10 nitrogen and oxygen atoms in total. The third-order valence-corrected chi connectivity index (χ3v) is 5.22. The van der Waals surface area contributed by atoms with Crippen LogP contribution in [0.25, 0.3) is 5.82 Å². The lowest BCUT2D eigenvalue weighted by atomic mass is 10.1. The fourth-order valence-corrected chi connectivity index (χ4v) is 3.33. The number of benzene rings is 2. The molecule has 3 N–H and O–H groups in total. The zero-order valence-electron chi connectivity index (χ0n) is 19.9. The summed E-state index contributed by atoms with van der Waals surface area (Å²) >= 11 is 0. The number of carbonyl (C=O) groups excluding carboxylic acids is 1. The van der Waals surface area contributed by atoms with Gasteiger partial charge in [0.25, 0.3) is 5.91 Å². The average molecular weight is 512 g/mol. The van der Waals surface area contributed by atoms with E-state index in [0.717, 1.165) is 17.7 Å². The van der Waals surface area contributed by atoms with Gasteiger partial charge < -0.3 is 20.7 Å². The van der Waals surface area contributed by atoms with Gasteiger partial charge in [0.15, 0.2) is 5.82 Å². The SMILES string of the molecule is COCCNc1cc(-n2ncnc2Nc2cc(C(=O)Nc3cccc(C(F)(F)F)c3)ccc2C)ncn1. The zero-order valence-corrected chi connectivity index (χ0v) is 19.9. The van der Waals surface area contributed by atoms with Crippen LogP contribution in [0, 0.1) is 6.92 Å². The number of aromatic nitrogens is 5. The van der Waals surface area contributed by atoms with Crippen LogP contribution in [0.15, 0.2) is 61.2 Å².